The van der Waals surface area contributed by atoms with Crippen LogP contribution in [-0.2, 0) is 15.6 Å². The minimum atomic E-state index is -3.33. The van der Waals surface area contributed by atoms with Gasteiger partial charge in [-0.15, -0.1) is 0 Å². The molecule has 0 saturated heterocycles. The summed E-state index contributed by atoms with van der Waals surface area (Å²) in [6, 6.07) is 5.34. The highest BCUT2D eigenvalue weighted by Gasteiger charge is 2.07. The summed E-state index contributed by atoms with van der Waals surface area (Å²) in [7, 11) is -3.33. The maximum Gasteiger partial charge on any atom is 0.269 e. The Labute approximate surface area is 81.4 Å². The van der Waals surface area contributed by atoms with Crippen LogP contribution < -0.4 is 0 Å². The highest BCUT2D eigenvalue weighted by atomic mass is 32.2. The summed E-state index contributed by atoms with van der Waals surface area (Å²) in [5.41, 5.74) is 0.431. The first-order valence-electron chi connectivity index (χ1n) is 3.67. The van der Waals surface area contributed by atoms with Gasteiger partial charge in [0.05, 0.1) is 16.9 Å². The second kappa shape index (κ2) is 3.75. The number of non-ortho nitro benzene ring substituents is 1. The van der Waals surface area contributed by atoms with E-state index in [0.717, 1.165) is 0 Å². The molecular formula is C8H8NO4S. The van der Waals surface area contributed by atoms with E-state index in [0.29, 0.717) is 5.56 Å². The van der Waals surface area contributed by atoms with E-state index in [-0.39, 0.29) is 11.4 Å². The number of hydrogen-bond donors (Lipinski definition) is 0. The fourth-order valence-electron chi connectivity index (χ4n) is 0.968. The topological polar surface area (TPSA) is 77.3 Å². The molecular weight excluding hydrogens is 206 g/mol. The van der Waals surface area contributed by atoms with Crippen molar-refractivity contribution in [1.82, 2.24) is 0 Å². The van der Waals surface area contributed by atoms with Gasteiger partial charge in [-0.1, -0.05) is 12.1 Å². The summed E-state index contributed by atoms with van der Waals surface area (Å²) in [6.07, 6.45) is 2.96. The van der Waals surface area contributed by atoms with Crippen LogP contribution in [-0.4, -0.2) is 13.3 Å². The molecule has 0 N–H and O–H groups in total. The fourth-order valence-corrected chi connectivity index (χ4v) is 1.67. The Morgan fingerprint density at radius 3 is 2.14 bits per heavy atom. The molecule has 0 aliphatic heterocycles. The van der Waals surface area contributed by atoms with Crippen LogP contribution in [0.15, 0.2) is 24.3 Å². The van der Waals surface area contributed by atoms with Crippen LogP contribution in [0.3, 0.4) is 0 Å². The van der Waals surface area contributed by atoms with Crippen LogP contribution in [0.2, 0.25) is 0 Å². The van der Waals surface area contributed by atoms with Gasteiger partial charge < -0.3 is 0 Å². The highest BCUT2D eigenvalue weighted by Crippen LogP contribution is 2.13. The lowest BCUT2D eigenvalue weighted by Crippen LogP contribution is -1.98. The van der Waals surface area contributed by atoms with Crippen LogP contribution in [0.5, 0.6) is 0 Å². The zero-order valence-electron chi connectivity index (χ0n) is 7.21. The standard InChI is InChI=1S/C8H8NO4S/c1-14(12,13)6-7-2-4-8(5-3-7)9(10)11/h2-5H,1,6H2. The van der Waals surface area contributed by atoms with Crippen molar-refractivity contribution < 1.29 is 13.3 Å². The molecule has 0 fully saturated rings. The molecule has 75 valence electrons. The number of rotatable bonds is 3. The van der Waals surface area contributed by atoms with E-state index in [2.05, 4.69) is 6.26 Å². The van der Waals surface area contributed by atoms with Gasteiger partial charge in [-0.25, -0.2) is 8.42 Å². The third-order valence-corrected chi connectivity index (χ3v) is 2.31. The minimum Gasteiger partial charge on any atom is -0.258 e. The second-order valence-corrected chi connectivity index (χ2v) is 4.59. The minimum absolute atomic E-state index is 0.0600. The molecule has 1 radical (unpaired) electrons. The number of benzene rings is 1. The van der Waals surface area contributed by atoms with Gasteiger partial charge in [0, 0.05) is 12.1 Å². The second-order valence-electron chi connectivity index (χ2n) is 2.81. The number of nitro groups is 1. The van der Waals surface area contributed by atoms with E-state index in [4.69, 9.17) is 0 Å². The van der Waals surface area contributed by atoms with Gasteiger partial charge in [0.2, 0.25) is 0 Å². The predicted octanol–water partition coefficient (Wildman–Crippen LogP) is 1.30. The van der Waals surface area contributed by atoms with E-state index in [1.807, 2.05) is 0 Å². The Balaban J connectivity index is 2.90. The summed E-state index contributed by atoms with van der Waals surface area (Å²) in [6.45, 7) is 0. The molecule has 0 bridgehead atoms. The molecule has 5 nitrogen and oxygen atoms in total. The zero-order valence-corrected chi connectivity index (χ0v) is 8.03. The Hall–Kier alpha value is -1.43. The maximum absolute atomic E-state index is 10.8. The molecule has 0 aromatic heterocycles. The molecule has 14 heavy (non-hydrogen) atoms. The normalized spacial score (nSPS) is 11.2. The van der Waals surface area contributed by atoms with Crippen molar-refractivity contribution in [2.75, 3.05) is 0 Å². The van der Waals surface area contributed by atoms with E-state index < -0.39 is 14.8 Å². The van der Waals surface area contributed by atoms with E-state index in [1.54, 1.807) is 0 Å². The third kappa shape index (κ3) is 3.14. The number of hydrogen-bond acceptors (Lipinski definition) is 4. The summed E-state index contributed by atoms with van der Waals surface area (Å²) < 4.78 is 21.5. The van der Waals surface area contributed by atoms with Crippen LogP contribution in [0.25, 0.3) is 0 Å². The summed E-state index contributed by atoms with van der Waals surface area (Å²) in [5, 5.41) is 10.3. The Bertz CT molecular complexity index is 435. The molecule has 0 heterocycles. The van der Waals surface area contributed by atoms with Gasteiger partial charge in [-0.05, 0) is 5.56 Å². The Morgan fingerprint density at radius 1 is 1.29 bits per heavy atom. The molecule has 0 aliphatic carbocycles. The van der Waals surface area contributed by atoms with Crippen molar-refractivity contribution in [3.8, 4) is 0 Å². The number of nitrogens with zero attached hydrogens (tertiary/aromatic N) is 1. The van der Waals surface area contributed by atoms with Crippen LogP contribution in [0.4, 0.5) is 5.69 Å². The molecule has 0 spiro atoms. The molecule has 1 aromatic carbocycles. The van der Waals surface area contributed by atoms with Gasteiger partial charge >= 0.3 is 0 Å². The zero-order chi connectivity index (χ0) is 10.8. The number of nitro benzene ring substituents is 1. The molecule has 0 saturated carbocycles. The lowest BCUT2D eigenvalue weighted by atomic mass is 10.2. The molecule has 1 aromatic rings. The fraction of sp³-hybridized carbons (Fsp3) is 0.125. The van der Waals surface area contributed by atoms with Crippen molar-refractivity contribution in [2.24, 2.45) is 0 Å². The van der Waals surface area contributed by atoms with Gasteiger partial charge in [0.15, 0.2) is 9.84 Å². The quantitative estimate of drug-likeness (QED) is 0.561. The first-order chi connectivity index (χ1) is 6.38. The lowest BCUT2D eigenvalue weighted by Gasteiger charge is -1.97. The van der Waals surface area contributed by atoms with Gasteiger partial charge in [0.1, 0.15) is 0 Å². The van der Waals surface area contributed by atoms with Crippen molar-refractivity contribution in [3.05, 3.63) is 46.2 Å². The Kier molecular flexibility index (Phi) is 2.85. The smallest absolute Gasteiger partial charge is 0.258 e. The largest absolute Gasteiger partial charge is 0.269 e. The van der Waals surface area contributed by atoms with Crippen molar-refractivity contribution >= 4 is 15.5 Å². The van der Waals surface area contributed by atoms with E-state index >= 15 is 0 Å². The third-order valence-electron chi connectivity index (χ3n) is 1.53. The SMILES string of the molecule is [CH2]S(=O)(=O)Cc1ccc([N+](=O)[O-])cc1. The summed E-state index contributed by atoms with van der Waals surface area (Å²) in [4.78, 5) is 9.73. The molecule has 0 atom stereocenters. The maximum atomic E-state index is 10.8. The highest BCUT2D eigenvalue weighted by molar-refractivity contribution is 7.91. The van der Waals surface area contributed by atoms with E-state index in [1.165, 1.54) is 24.3 Å². The monoisotopic (exact) mass is 214 g/mol. The average molecular weight is 214 g/mol. The predicted molar refractivity (Wildman–Crippen MR) is 51.1 cm³/mol. The molecule has 0 unspecified atom stereocenters. The van der Waals surface area contributed by atoms with E-state index in [9.17, 15) is 18.5 Å². The van der Waals surface area contributed by atoms with Crippen LogP contribution in [0.1, 0.15) is 5.56 Å². The summed E-state index contributed by atoms with van der Waals surface area (Å²) >= 11 is 0. The first-order valence-corrected chi connectivity index (χ1v) is 5.50. The van der Waals surface area contributed by atoms with Gasteiger partial charge in [0.25, 0.3) is 5.69 Å². The first kappa shape index (κ1) is 10.6. The molecule has 6 heteroatoms. The van der Waals surface area contributed by atoms with Crippen LogP contribution in [0, 0.1) is 16.4 Å². The average Bonchev–Trinajstić information content (AvgIpc) is 2.02. The lowest BCUT2D eigenvalue weighted by molar-refractivity contribution is -0.384. The summed E-state index contributed by atoms with van der Waals surface area (Å²) in [5.74, 6) is -0.203. The molecule has 0 aliphatic rings. The number of sulfone groups is 1. The molecule has 1 rings (SSSR count). The van der Waals surface area contributed by atoms with Crippen molar-refractivity contribution in [1.29, 1.82) is 0 Å². The van der Waals surface area contributed by atoms with Crippen LogP contribution >= 0.6 is 0 Å². The molecule has 0 amide bonds. The van der Waals surface area contributed by atoms with Crippen molar-refractivity contribution in [2.45, 2.75) is 5.75 Å². The van der Waals surface area contributed by atoms with Crippen molar-refractivity contribution in [3.63, 3.8) is 0 Å². The van der Waals surface area contributed by atoms with Gasteiger partial charge in [-0.3, -0.25) is 10.1 Å². The van der Waals surface area contributed by atoms with Gasteiger partial charge in [-0.2, -0.15) is 0 Å². The Morgan fingerprint density at radius 2 is 1.79 bits per heavy atom.